The molecule has 2 amide bonds. The highest BCUT2D eigenvalue weighted by molar-refractivity contribution is 5.95. The van der Waals surface area contributed by atoms with E-state index in [0.717, 1.165) is 12.1 Å². The van der Waals surface area contributed by atoms with Gasteiger partial charge in [0.25, 0.3) is 5.91 Å². The minimum atomic E-state index is -0.187. The van der Waals surface area contributed by atoms with E-state index >= 15 is 0 Å². The van der Waals surface area contributed by atoms with E-state index in [4.69, 9.17) is 9.47 Å². The zero-order valence-corrected chi connectivity index (χ0v) is 15.2. The quantitative estimate of drug-likeness (QED) is 0.882. The zero-order chi connectivity index (χ0) is 18.8. The second-order valence-corrected chi connectivity index (χ2v) is 6.70. The van der Waals surface area contributed by atoms with Crippen LogP contribution in [0.25, 0.3) is 0 Å². The van der Waals surface area contributed by atoms with E-state index in [0.29, 0.717) is 43.4 Å². The summed E-state index contributed by atoms with van der Waals surface area (Å²) in [5.41, 5.74) is 1.46. The first-order chi connectivity index (χ1) is 13.2. The summed E-state index contributed by atoms with van der Waals surface area (Å²) in [6.07, 6.45) is 2.79. The Bertz CT molecular complexity index is 863. The van der Waals surface area contributed by atoms with Gasteiger partial charge in [-0.2, -0.15) is 5.10 Å². The van der Waals surface area contributed by atoms with Gasteiger partial charge < -0.3 is 19.7 Å². The van der Waals surface area contributed by atoms with Crippen molar-refractivity contribution in [1.29, 1.82) is 0 Å². The Labute approximate surface area is 157 Å². The van der Waals surface area contributed by atoms with E-state index in [9.17, 15) is 9.59 Å². The number of hydrogen-bond donors (Lipinski definition) is 1. The lowest BCUT2D eigenvalue weighted by Gasteiger charge is -2.33. The second-order valence-electron chi connectivity index (χ2n) is 6.70. The van der Waals surface area contributed by atoms with Crippen molar-refractivity contribution in [2.75, 3.05) is 26.8 Å². The molecule has 3 heterocycles. The average Bonchev–Trinajstić information content (AvgIpc) is 3.04. The van der Waals surface area contributed by atoms with E-state index < -0.39 is 0 Å². The molecule has 142 valence electrons. The van der Waals surface area contributed by atoms with Crippen LogP contribution in [0.2, 0.25) is 0 Å². The average molecular weight is 370 g/mol. The first-order valence-electron chi connectivity index (χ1n) is 9.07. The molecule has 0 bridgehead atoms. The Hall–Kier alpha value is -3.03. The lowest BCUT2D eigenvalue weighted by Crippen LogP contribution is -2.42. The molecule has 0 radical (unpaired) electrons. The number of carbonyl (C=O) groups excluding carboxylic acids is 2. The predicted octanol–water partition coefficient (Wildman–Crippen LogP) is 1.38. The Morgan fingerprint density at radius 2 is 2.04 bits per heavy atom. The minimum Gasteiger partial charge on any atom is -0.490 e. The molecular weight excluding hydrogens is 348 g/mol. The molecule has 0 aliphatic carbocycles. The molecular formula is C19H22N4O4. The van der Waals surface area contributed by atoms with Crippen molar-refractivity contribution in [3.05, 3.63) is 41.7 Å². The molecule has 8 nitrogen and oxygen atoms in total. The molecule has 0 fully saturated rings. The lowest BCUT2D eigenvalue weighted by molar-refractivity contribution is -0.121. The normalized spacial score (nSPS) is 18.4. The van der Waals surface area contributed by atoms with Gasteiger partial charge >= 0.3 is 0 Å². The smallest absolute Gasteiger partial charge is 0.254 e. The van der Waals surface area contributed by atoms with Crippen LogP contribution >= 0.6 is 0 Å². The van der Waals surface area contributed by atoms with Crippen LogP contribution in [-0.2, 0) is 11.3 Å². The van der Waals surface area contributed by atoms with Crippen molar-refractivity contribution in [3.8, 4) is 11.5 Å². The summed E-state index contributed by atoms with van der Waals surface area (Å²) < 4.78 is 13.2. The topological polar surface area (TPSA) is 85.7 Å². The molecule has 1 atom stereocenters. The number of nitrogens with zero attached hydrogens (tertiary/aromatic N) is 3. The monoisotopic (exact) mass is 370 g/mol. The van der Waals surface area contributed by atoms with Gasteiger partial charge in [0.15, 0.2) is 11.5 Å². The molecule has 27 heavy (non-hydrogen) atoms. The van der Waals surface area contributed by atoms with Crippen LogP contribution in [-0.4, -0.2) is 53.3 Å². The molecule has 2 aliphatic heterocycles. The molecule has 1 aromatic carbocycles. The van der Waals surface area contributed by atoms with Gasteiger partial charge in [0.1, 0.15) is 0 Å². The van der Waals surface area contributed by atoms with Gasteiger partial charge in [-0.05, 0) is 24.3 Å². The summed E-state index contributed by atoms with van der Waals surface area (Å²) >= 11 is 0. The number of carbonyl (C=O) groups is 2. The summed E-state index contributed by atoms with van der Waals surface area (Å²) in [5.74, 6) is 1.09. The van der Waals surface area contributed by atoms with Crippen LogP contribution in [0.4, 0.5) is 0 Å². The third-order valence-corrected chi connectivity index (χ3v) is 4.86. The molecule has 0 unspecified atom stereocenters. The number of ether oxygens (including phenoxy) is 2. The molecule has 0 saturated heterocycles. The maximum absolute atomic E-state index is 13.1. The first-order valence-corrected chi connectivity index (χ1v) is 9.07. The number of nitrogens with one attached hydrogen (secondary N) is 1. The third kappa shape index (κ3) is 3.47. The molecule has 0 spiro atoms. The fourth-order valence-corrected chi connectivity index (χ4v) is 3.49. The van der Waals surface area contributed by atoms with Gasteiger partial charge in [0.2, 0.25) is 5.91 Å². The van der Waals surface area contributed by atoms with E-state index in [1.165, 1.54) is 0 Å². The number of hydrogen-bond acceptors (Lipinski definition) is 5. The molecule has 1 N–H and O–H groups in total. The standard InChI is InChI=1S/C19H22N4O4/c1-20-18(24)10-15-12-22(11-14-5-6-21-23(14)15)19(25)13-3-4-16-17(9-13)27-8-2-7-26-16/h3-6,9,15H,2,7-8,10-12H2,1H3,(H,20,24)/t15-/m0/s1. The number of benzene rings is 1. The van der Waals surface area contributed by atoms with Crippen LogP contribution in [0.15, 0.2) is 30.5 Å². The van der Waals surface area contributed by atoms with Crippen molar-refractivity contribution >= 4 is 11.8 Å². The highest BCUT2D eigenvalue weighted by Crippen LogP contribution is 2.32. The maximum atomic E-state index is 13.1. The highest BCUT2D eigenvalue weighted by Gasteiger charge is 2.30. The van der Waals surface area contributed by atoms with Gasteiger partial charge in [-0.1, -0.05) is 0 Å². The predicted molar refractivity (Wildman–Crippen MR) is 96.7 cm³/mol. The highest BCUT2D eigenvalue weighted by atomic mass is 16.5. The minimum absolute atomic E-state index is 0.0775. The van der Waals surface area contributed by atoms with Gasteiger partial charge in [0.05, 0.1) is 37.9 Å². The van der Waals surface area contributed by atoms with E-state index in [1.54, 1.807) is 36.3 Å². The van der Waals surface area contributed by atoms with Crippen molar-refractivity contribution in [1.82, 2.24) is 20.0 Å². The number of rotatable bonds is 3. The zero-order valence-electron chi connectivity index (χ0n) is 15.2. The molecule has 2 aliphatic rings. The SMILES string of the molecule is CNC(=O)C[C@H]1CN(C(=O)c2ccc3c(c2)OCCCO3)Cc2ccnn21. The van der Waals surface area contributed by atoms with E-state index in [1.807, 2.05) is 10.7 Å². The Balaban J connectivity index is 1.57. The fourth-order valence-electron chi connectivity index (χ4n) is 3.49. The number of fused-ring (bicyclic) bond motifs is 2. The summed E-state index contributed by atoms with van der Waals surface area (Å²) in [4.78, 5) is 26.7. The Morgan fingerprint density at radius 3 is 2.85 bits per heavy atom. The first kappa shape index (κ1) is 17.4. The second kappa shape index (κ2) is 7.30. The van der Waals surface area contributed by atoms with Crippen molar-refractivity contribution in [3.63, 3.8) is 0 Å². The molecule has 4 rings (SSSR count). The fraction of sp³-hybridized carbons (Fsp3) is 0.421. The molecule has 8 heteroatoms. The molecule has 0 saturated carbocycles. The van der Waals surface area contributed by atoms with Crippen LogP contribution in [0.1, 0.15) is 34.9 Å². The maximum Gasteiger partial charge on any atom is 0.254 e. The molecule has 1 aromatic heterocycles. The number of amides is 2. The van der Waals surface area contributed by atoms with E-state index in [2.05, 4.69) is 10.4 Å². The summed E-state index contributed by atoms with van der Waals surface area (Å²) in [6, 6.07) is 6.97. The van der Waals surface area contributed by atoms with Gasteiger partial charge in [-0.3, -0.25) is 14.3 Å². The van der Waals surface area contributed by atoms with Crippen molar-refractivity contribution in [2.45, 2.75) is 25.4 Å². The third-order valence-electron chi connectivity index (χ3n) is 4.86. The molecule has 2 aromatic rings. The number of aromatic nitrogens is 2. The lowest BCUT2D eigenvalue weighted by atomic mass is 10.1. The van der Waals surface area contributed by atoms with Crippen molar-refractivity contribution in [2.24, 2.45) is 0 Å². The summed E-state index contributed by atoms with van der Waals surface area (Å²) in [6.45, 7) is 2.06. The van der Waals surface area contributed by atoms with Gasteiger partial charge in [-0.15, -0.1) is 0 Å². The largest absolute Gasteiger partial charge is 0.490 e. The van der Waals surface area contributed by atoms with Gasteiger partial charge in [0, 0.05) is 31.8 Å². The van der Waals surface area contributed by atoms with Crippen LogP contribution < -0.4 is 14.8 Å². The van der Waals surface area contributed by atoms with Gasteiger partial charge in [-0.25, -0.2) is 0 Å². The van der Waals surface area contributed by atoms with Crippen LogP contribution in [0.3, 0.4) is 0 Å². The van der Waals surface area contributed by atoms with Crippen LogP contribution in [0, 0.1) is 0 Å². The summed E-state index contributed by atoms with van der Waals surface area (Å²) in [7, 11) is 1.61. The summed E-state index contributed by atoms with van der Waals surface area (Å²) in [5, 5.41) is 6.96. The van der Waals surface area contributed by atoms with E-state index in [-0.39, 0.29) is 24.3 Å². The van der Waals surface area contributed by atoms with Crippen LogP contribution in [0.5, 0.6) is 11.5 Å². The Morgan fingerprint density at radius 1 is 1.22 bits per heavy atom. The van der Waals surface area contributed by atoms with Crippen molar-refractivity contribution < 1.29 is 19.1 Å². The Kier molecular flexibility index (Phi) is 4.70.